The number of rotatable bonds is 3. The Kier molecular flexibility index (Phi) is 5.25. The zero-order valence-electron chi connectivity index (χ0n) is 17.8. The van der Waals surface area contributed by atoms with Crippen molar-refractivity contribution in [3.8, 4) is 28.4 Å². The summed E-state index contributed by atoms with van der Waals surface area (Å²) in [6.07, 6.45) is 2.93. The van der Waals surface area contributed by atoms with E-state index in [0.29, 0.717) is 48.6 Å². The van der Waals surface area contributed by atoms with Crippen LogP contribution in [0.25, 0.3) is 22.0 Å². The van der Waals surface area contributed by atoms with Gasteiger partial charge in [0, 0.05) is 25.2 Å². The van der Waals surface area contributed by atoms with Gasteiger partial charge in [-0.15, -0.1) is 0 Å². The fourth-order valence-corrected chi connectivity index (χ4v) is 4.94. The van der Waals surface area contributed by atoms with Crippen LogP contribution in [0, 0.1) is 5.82 Å². The van der Waals surface area contributed by atoms with Crippen molar-refractivity contribution >= 4 is 34.1 Å². The average Bonchev–Trinajstić information content (AvgIpc) is 2.83. The summed E-state index contributed by atoms with van der Waals surface area (Å²) in [5.74, 6) is -0.0662. The van der Waals surface area contributed by atoms with E-state index in [0.717, 1.165) is 5.69 Å². The molecule has 2 aliphatic heterocycles. The summed E-state index contributed by atoms with van der Waals surface area (Å²) in [4.78, 5) is 20.6. The lowest BCUT2D eigenvalue weighted by Gasteiger charge is -2.45. The molecule has 0 saturated carbocycles. The molecule has 1 amide bonds. The van der Waals surface area contributed by atoms with Gasteiger partial charge in [-0.3, -0.25) is 9.78 Å². The third kappa shape index (κ3) is 3.33. The van der Waals surface area contributed by atoms with E-state index in [1.54, 1.807) is 17.2 Å². The maximum absolute atomic E-state index is 14.6. The maximum Gasteiger partial charge on any atom is 0.246 e. The maximum atomic E-state index is 14.6. The predicted octanol–water partition coefficient (Wildman–Crippen LogP) is 4.00. The van der Waals surface area contributed by atoms with Gasteiger partial charge in [0.2, 0.25) is 5.91 Å². The van der Waals surface area contributed by atoms with Crippen LogP contribution in [0.2, 0.25) is 5.02 Å². The van der Waals surface area contributed by atoms with Crippen LogP contribution in [0.1, 0.15) is 0 Å². The number of methoxy groups -OCH3 is 1. The Morgan fingerprint density at radius 1 is 1.42 bits per heavy atom. The fourth-order valence-electron chi connectivity index (χ4n) is 4.62. The van der Waals surface area contributed by atoms with E-state index in [1.807, 2.05) is 0 Å². The van der Waals surface area contributed by atoms with Crippen LogP contribution in [0.3, 0.4) is 0 Å². The molecule has 0 unspecified atom stereocenters. The minimum absolute atomic E-state index is 0.0205. The number of anilines is 1. The number of pyridine rings is 1. The van der Waals surface area contributed by atoms with Crippen molar-refractivity contribution in [2.24, 2.45) is 0 Å². The topological polar surface area (TPSA) is 75.1 Å². The van der Waals surface area contributed by atoms with E-state index in [1.165, 1.54) is 31.4 Å². The van der Waals surface area contributed by atoms with E-state index in [4.69, 9.17) is 21.1 Å². The van der Waals surface area contributed by atoms with Crippen molar-refractivity contribution in [2.75, 3.05) is 38.3 Å². The number of ether oxygens (including phenoxy) is 2. The lowest BCUT2D eigenvalue weighted by Crippen LogP contribution is -2.58. The third-order valence-electron chi connectivity index (χ3n) is 6.14. The van der Waals surface area contributed by atoms with Crippen molar-refractivity contribution in [3.63, 3.8) is 0 Å². The van der Waals surface area contributed by atoms with Crippen molar-refractivity contribution in [1.29, 1.82) is 0 Å². The number of nitrogens with zero attached hydrogens (tertiary/aromatic N) is 3. The van der Waals surface area contributed by atoms with Crippen molar-refractivity contribution in [3.05, 3.63) is 54.0 Å². The summed E-state index contributed by atoms with van der Waals surface area (Å²) in [5, 5.41) is 11.1. The summed E-state index contributed by atoms with van der Waals surface area (Å²) in [7, 11) is 1.48. The molecule has 1 atom stereocenters. The fraction of sp³-hybridized carbons (Fsp3) is 0.250. The number of carbonyl (C=O) groups excluding carboxylic acids is 1. The van der Waals surface area contributed by atoms with Crippen LogP contribution in [-0.4, -0.2) is 60.3 Å². The first kappa shape index (κ1) is 21.3. The van der Waals surface area contributed by atoms with Crippen LogP contribution < -0.4 is 14.4 Å². The molecule has 0 spiro atoms. The molecule has 0 radical (unpaired) electrons. The molecule has 33 heavy (non-hydrogen) atoms. The van der Waals surface area contributed by atoms with Crippen LogP contribution in [-0.2, 0) is 4.79 Å². The number of benzene rings is 2. The van der Waals surface area contributed by atoms with Gasteiger partial charge >= 0.3 is 0 Å². The first-order chi connectivity index (χ1) is 15.9. The van der Waals surface area contributed by atoms with Gasteiger partial charge in [-0.05, 0) is 24.3 Å². The van der Waals surface area contributed by atoms with E-state index in [9.17, 15) is 14.3 Å². The van der Waals surface area contributed by atoms with E-state index in [-0.39, 0.29) is 33.8 Å². The molecule has 1 N–H and O–H groups in total. The molecule has 0 aliphatic carbocycles. The van der Waals surface area contributed by atoms with Crippen LogP contribution >= 0.6 is 11.6 Å². The molecular formula is C24H21ClFN3O4. The highest BCUT2D eigenvalue weighted by Gasteiger charge is 2.37. The standard InChI is InChI=1S/C24H21ClFN3O4/c1-3-19(31)28-7-8-29-13(11-28)12-33-18-10-27-16-9-14(20-15(26)5-4-6-17(20)30)22(25)24(32-2)21(16)23(18)29/h3-6,9-10,13,30H,1,7-8,11-12H2,2H3/t13-/m1/s1. The smallest absolute Gasteiger partial charge is 0.246 e. The zero-order chi connectivity index (χ0) is 23.3. The summed E-state index contributed by atoms with van der Waals surface area (Å²) < 4.78 is 26.3. The molecule has 3 aromatic rings. The Balaban J connectivity index is 1.69. The van der Waals surface area contributed by atoms with Crippen molar-refractivity contribution < 1.29 is 23.8 Å². The average molecular weight is 470 g/mol. The van der Waals surface area contributed by atoms with E-state index < -0.39 is 5.82 Å². The monoisotopic (exact) mass is 469 g/mol. The molecule has 2 aromatic carbocycles. The van der Waals surface area contributed by atoms with Gasteiger partial charge in [0.1, 0.15) is 23.9 Å². The summed E-state index contributed by atoms with van der Waals surface area (Å²) >= 11 is 6.71. The lowest BCUT2D eigenvalue weighted by molar-refractivity contribution is -0.127. The molecule has 170 valence electrons. The summed E-state index contributed by atoms with van der Waals surface area (Å²) in [6.45, 7) is 5.58. The predicted molar refractivity (Wildman–Crippen MR) is 124 cm³/mol. The van der Waals surface area contributed by atoms with E-state index >= 15 is 0 Å². The van der Waals surface area contributed by atoms with Gasteiger partial charge in [-0.2, -0.15) is 0 Å². The van der Waals surface area contributed by atoms with Crippen molar-refractivity contribution in [2.45, 2.75) is 6.04 Å². The first-order valence-corrected chi connectivity index (χ1v) is 10.8. The number of halogens is 2. The number of amides is 1. The largest absolute Gasteiger partial charge is 0.507 e. The van der Waals surface area contributed by atoms with Crippen molar-refractivity contribution in [1.82, 2.24) is 9.88 Å². The van der Waals surface area contributed by atoms with Gasteiger partial charge in [0.25, 0.3) is 0 Å². The minimum atomic E-state index is -0.609. The molecule has 1 fully saturated rings. The Morgan fingerprint density at radius 2 is 2.24 bits per heavy atom. The summed E-state index contributed by atoms with van der Waals surface area (Å²) in [5.41, 5.74) is 1.54. The van der Waals surface area contributed by atoms with Gasteiger partial charge in [0.15, 0.2) is 5.75 Å². The molecule has 1 saturated heterocycles. The zero-order valence-corrected chi connectivity index (χ0v) is 18.6. The number of carbonyl (C=O) groups is 1. The number of aromatic hydroxyl groups is 1. The Hall–Kier alpha value is -3.52. The lowest BCUT2D eigenvalue weighted by atomic mass is 9.98. The van der Waals surface area contributed by atoms with Gasteiger partial charge in [-0.1, -0.05) is 24.2 Å². The van der Waals surface area contributed by atoms with Crippen LogP contribution in [0.5, 0.6) is 17.2 Å². The number of hydrogen-bond donors (Lipinski definition) is 1. The molecule has 2 aliphatic rings. The number of fused-ring (bicyclic) bond motifs is 5. The quantitative estimate of drug-likeness (QED) is 0.584. The first-order valence-electron chi connectivity index (χ1n) is 10.4. The highest BCUT2D eigenvalue weighted by atomic mass is 35.5. The minimum Gasteiger partial charge on any atom is -0.507 e. The molecular weight excluding hydrogens is 449 g/mol. The number of piperazine rings is 1. The Labute approximate surface area is 194 Å². The summed E-state index contributed by atoms with van der Waals surface area (Å²) in [6, 6.07) is 5.64. The van der Waals surface area contributed by atoms with Gasteiger partial charge in [0.05, 0.1) is 46.5 Å². The molecule has 7 nitrogen and oxygen atoms in total. The number of hydrogen-bond acceptors (Lipinski definition) is 6. The third-order valence-corrected chi connectivity index (χ3v) is 6.52. The molecule has 5 rings (SSSR count). The molecule has 1 aromatic heterocycles. The number of phenolic OH excluding ortho intramolecular Hbond substituents is 1. The Morgan fingerprint density at radius 3 is 2.97 bits per heavy atom. The SMILES string of the molecule is C=CC(=O)N1CCN2c3c(cnc4cc(-c5c(O)cccc5F)c(Cl)c(OC)c34)OC[C@H]2C1. The van der Waals surface area contributed by atoms with Gasteiger partial charge < -0.3 is 24.4 Å². The molecule has 0 bridgehead atoms. The van der Waals surface area contributed by atoms with Gasteiger partial charge in [-0.25, -0.2) is 4.39 Å². The number of phenols is 1. The molecule has 3 heterocycles. The second-order valence-corrected chi connectivity index (χ2v) is 8.30. The van der Waals surface area contributed by atoms with Crippen LogP contribution in [0.15, 0.2) is 43.1 Å². The normalized spacial score (nSPS) is 17.2. The van der Waals surface area contributed by atoms with Crippen LogP contribution in [0.4, 0.5) is 10.1 Å². The Bertz CT molecular complexity index is 1280. The second-order valence-electron chi connectivity index (χ2n) is 7.92. The highest BCUT2D eigenvalue weighted by molar-refractivity contribution is 6.36. The number of aromatic nitrogens is 1. The van der Waals surface area contributed by atoms with E-state index in [2.05, 4.69) is 16.5 Å². The highest BCUT2D eigenvalue weighted by Crippen LogP contribution is 2.50. The molecule has 9 heteroatoms. The second kappa shape index (κ2) is 8.12.